The van der Waals surface area contributed by atoms with Crippen LogP contribution in [0.5, 0.6) is 5.75 Å². The summed E-state index contributed by atoms with van der Waals surface area (Å²) < 4.78 is 11.1. The van der Waals surface area contributed by atoms with E-state index in [0.717, 1.165) is 42.6 Å². The maximum absolute atomic E-state index is 13.0. The van der Waals surface area contributed by atoms with Gasteiger partial charge in [-0.05, 0) is 32.3 Å². The first-order chi connectivity index (χ1) is 13.1. The SMILES string of the molecule is CCCCOC(=O)C1=C(C)NC2=C(C(=O)CCC2)[C@H]1c1ccccc1OC. The summed E-state index contributed by atoms with van der Waals surface area (Å²) in [6, 6.07) is 7.58. The third kappa shape index (κ3) is 3.77. The molecule has 0 unspecified atom stereocenters. The average molecular weight is 369 g/mol. The third-order valence-electron chi connectivity index (χ3n) is 5.18. The number of carbonyl (C=O) groups excluding carboxylic acids is 2. The molecule has 0 radical (unpaired) electrons. The van der Waals surface area contributed by atoms with Gasteiger partial charge in [-0.1, -0.05) is 31.5 Å². The first-order valence-electron chi connectivity index (χ1n) is 9.62. The summed E-state index contributed by atoms with van der Waals surface area (Å²) in [5, 5.41) is 3.30. The number of methoxy groups -OCH3 is 1. The van der Waals surface area contributed by atoms with E-state index in [1.807, 2.05) is 31.2 Å². The fraction of sp³-hybridized carbons (Fsp3) is 0.455. The summed E-state index contributed by atoms with van der Waals surface area (Å²) in [7, 11) is 1.60. The molecule has 1 aromatic carbocycles. The Labute approximate surface area is 160 Å². The number of ketones is 1. The van der Waals surface area contributed by atoms with Crippen molar-refractivity contribution < 1.29 is 19.1 Å². The van der Waals surface area contributed by atoms with Crippen LogP contribution in [0.3, 0.4) is 0 Å². The highest BCUT2D eigenvalue weighted by atomic mass is 16.5. The van der Waals surface area contributed by atoms with Crippen LogP contribution in [-0.2, 0) is 14.3 Å². The highest BCUT2D eigenvalue weighted by Crippen LogP contribution is 2.45. The molecule has 0 spiro atoms. The molecule has 1 heterocycles. The summed E-state index contributed by atoms with van der Waals surface area (Å²) in [6.45, 7) is 4.31. The van der Waals surface area contributed by atoms with Crippen molar-refractivity contribution >= 4 is 11.8 Å². The van der Waals surface area contributed by atoms with Gasteiger partial charge in [0.05, 0.1) is 25.2 Å². The van der Waals surface area contributed by atoms with Crippen LogP contribution in [0.15, 0.2) is 46.8 Å². The fourth-order valence-electron chi connectivity index (χ4n) is 3.86. The predicted octanol–water partition coefficient (Wildman–Crippen LogP) is 4.01. The second-order valence-corrected chi connectivity index (χ2v) is 7.00. The molecule has 2 aliphatic rings. The van der Waals surface area contributed by atoms with E-state index in [1.54, 1.807) is 7.11 Å². The molecule has 3 rings (SSSR count). The molecule has 1 aromatic rings. The Morgan fingerprint density at radius 3 is 2.78 bits per heavy atom. The van der Waals surface area contributed by atoms with Crippen molar-refractivity contribution in [1.29, 1.82) is 0 Å². The molecule has 1 N–H and O–H groups in total. The van der Waals surface area contributed by atoms with Gasteiger partial charge in [-0.15, -0.1) is 0 Å². The van der Waals surface area contributed by atoms with Crippen molar-refractivity contribution in [3.05, 3.63) is 52.4 Å². The molecular formula is C22H27NO4. The Kier molecular flexibility index (Phi) is 5.99. The standard InChI is InChI=1S/C22H27NO4/c1-4-5-13-27-22(25)19-14(2)23-16-10-8-11-17(24)21(16)20(19)15-9-6-7-12-18(15)26-3/h6-7,9,12,20,23H,4-5,8,10-11,13H2,1-3H3/t20-/m0/s1. The Morgan fingerprint density at radius 1 is 1.26 bits per heavy atom. The monoisotopic (exact) mass is 369 g/mol. The number of para-hydroxylation sites is 1. The van der Waals surface area contributed by atoms with E-state index in [0.29, 0.717) is 29.9 Å². The minimum absolute atomic E-state index is 0.0889. The zero-order valence-electron chi connectivity index (χ0n) is 16.3. The van der Waals surface area contributed by atoms with Gasteiger partial charge < -0.3 is 14.8 Å². The topological polar surface area (TPSA) is 64.6 Å². The van der Waals surface area contributed by atoms with E-state index >= 15 is 0 Å². The molecule has 5 nitrogen and oxygen atoms in total. The quantitative estimate of drug-likeness (QED) is 0.606. The zero-order chi connectivity index (χ0) is 19.4. The number of hydrogen-bond acceptors (Lipinski definition) is 5. The predicted molar refractivity (Wildman–Crippen MR) is 103 cm³/mol. The summed E-state index contributed by atoms with van der Waals surface area (Å²) >= 11 is 0. The highest BCUT2D eigenvalue weighted by Gasteiger charge is 2.40. The normalized spacial score (nSPS) is 19.5. The van der Waals surface area contributed by atoms with Gasteiger partial charge in [0, 0.05) is 29.0 Å². The number of unbranched alkanes of at least 4 members (excludes halogenated alkanes) is 1. The lowest BCUT2D eigenvalue weighted by Crippen LogP contribution is -2.34. The minimum atomic E-state index is -0.459. The van der Waals surface area contributed by atoms with Crippen LogP contribution in [0.1, 0.15) is 57.4 Å². The number of dihydropyridines is 1. The first-order valence-corrected chi connectivity index (χ1v) is 9.62. The van der Waals surface area contributed by atoms with Crippen molar-refractivity contribution in [2.45, 2.75) is 51.9 Å². The number of nitrogens with one attached hydrogen (secondary N) is 1. The molecule has 0 saturated heterocycles. The Balaban J connectivity index is 2.10. The van der Waals surface area contributed by atoms with Gasteiger partial charge in [-0.2, -0.15) is 0 Å². The van der Waals surface area contributed by atoms with Crippen LogP contribution in [0.25, 0.3) is 0 Å². The minimum Gasteiger partial charge on any atom is -0.496 e. The number of Topliss-reactive ketones (excluding diaryl/α,β-unsaturated/α-hetero) is 1. The van der Waals surface area contributed by atoms with Crippen molar-refractivity contribution in [3.63, 3.8) is 0 Å². The summed E-state index contributed by atoms with van der Waals surface area (Å²) in [5.41, 5.74) is 3.68. The molecule has 27 heavy (non-hydrogen) atoms. The smallest absolute Gasteiger partial charge is 0.336 e. The Morgan fingerprint density at radius 2 is 2.04 bits per heavy atom. The van der Waals surface area contributed by atoms with E-state index in [-0.39, 0.29) is 11.8 Å². The van der Waals surface area contributed by atoms with Crippen molar-refractivity contribution in [1.82, 2.24) is 5.32 Å². The van der Waals surface area contributed by atoms with Crippen LogP contribution < -0.4 is 10.1 Å². The second kappa shape index (κ2) is 8.42. The number of rotatable bonds is 6. The fourth-order valence-corrected chi connectivity index (χ4v) is 3.86. The largest absolute Gasteiger partial charge is 0.496 e. The Bertz CT molecular complexity index is 806. The van der Waals surface area contributed by atoms with Crippen LogP contribution in [-0.4, -0.2) is 25.5 Å². The van der Waals surface area contributed by atoms with Crippen LogP contribution in [0.4, 0.5) is 0 Å². The molecule has 0 saturated carbocycles. The lowest BCUT2D eigenvalue weighted by molar-refractivity contribution is -0.139. The zero-order valence-corrected chi connectivity index (χ0v) is 16.3. The molecule has 0 fully saturated rings. The molecule has 1 aliphatic carbocycles. The van der Waals surface area contributed by atoms with Crippen LogP contribution >= 0.6 is 0 Å². The molecule has 0 aromatic heterocycles. The van der Waals surface area contributed by atoms with Gasteiger partial charge in [-0.3, -0.25) is 4.79 Å². The van der Waals surface area contributed by atoms with Gasteiger partial charge in [0.15, 0.2) is 5.78 Å². The molecular weight excluding hydrogens is 342 g/mol. The number of esters is 1. The van der Waals surface area contributed by atoms with Gasteiger partial charge in [0.25, 0.3) is 0 Å². The number of ether oxygens (including phenoxy) is 2. The molecule has 1 atom stereocenters. The average Bonchev–Trinajstić information content (AvgIpc) is 2.67. The van der Waals surface area contributed by atoms with Crippen molar-refractivity contribution in [2.75, 3.05) is 13.7 Å². The third-order valence-corrected chi connectivity index (χ3v) is 5.18. The van der Waals surface area contributed by atoms with Gasteiger partial charge in [0.2, 0.25) is 0 Å². The number of hydrogen-bond donors (Lipinski definition) is 1. The van der Waals surface area contributed by atoms with Gasteiger partial charge >= 0.3 is 5.97 Å². The van der Waals surface area contributed by atoms with E-state index in [2.05, 4.69) is 12.2 Å². The summed E-state index contributed by atoms with van der Waals surface area (Å²) in [5.74, 6) is -0.0686. The molecule has 1 aliphatic heterocycles. The Hall–Kier alpha value is -2.56. The van der Waals surface area contributed by atoms with Crippen LogP contribution in [0.2, 0.25) is 0 Å². The second-order valence-electron chi connectivity index (χ2n) is 7.00. The van der Waals surface area contributed by atoms with Gasteiger partial charge in [0.1, 0.15) is 5.75 Å². The number of carbonyl (C=O) groups is 2. The maximum Gasteiger partial charge on any atom is 0.336 e. The number of allylic oxidation sites excluding steroid dienone is 3. The molecule has 0 amide bonds. The van der Waals surface area contributed by atoms with Gasteiger partial charge in [-0.25, -0.2) is 4.79 Å². The molecule has 144 valence electrons. The van der Waals surface area contributed by atoms with E-state index in [4.69, 9.17) is 9.47 Å². The van der Waals surface area contributed by atoms with Crippen molar-refractivity contribution in [2.24, 2.45) is 0 Å². The first kappa shape index (κ1) is 19.2. The van der Waals surface area contributed by atoms with E-state index in [9.17, 15) is 9.59 Å². The van der Waals surface area contributed by atoms with Crippen LogP contribution in [0, 0.1) is 0 Å². The summed E-state index contributed by atoms with van der Waals surface area (Å²) in [4.78, 5) is 25.8. The lowest BCUT2D eigenvalue weighted by atomic mass is 9.75. The van der Waals surface area contributed by atoms with E-state index in [1.165, 1.54) is 0 Å². The maximum atomic E-state index is 13.0. The molecule has 0 bridgehead atoms. The summed E-state index contributed by atoms with van der Waals surface area (Å²) in [6.07, 6.45) is 3.91. The lowest BCUT2D eigenvalue weighted by Gasteiger charge is -2.34. The van der Waals surface area contributed by atoms with Crippen molar-refractivity contribution in [3.8, 4) is 5.75 Å². The molecule has 5 heteroatoms. The van der Waals surface area contributed by atoms with E-state index < -0.39 is 5.92 Å². The highest BCUT2D eigenvalue weighted by molar-refractivity contribution is 6.04. The number of benzene rings is 1.